The highest BCUT2D eigenvalue weighted by molar-refractivity contribution is 5.82. The van der Waals surface area contributed by atoms with Crippen LogP contribution in [0.15, 0.2) is 50.4 Å². The second kappa shape index (κ2) is 7.57. The quantitative estimate of drug-likeness (QED) is 0.663. The highest BCUT2D eigenvalue weighted by atomic mass is 16.5. The number of nitrogens with zero attached hydrogens (tertiary/aromatic N) is 1. The van der Waals surface area contributed by atoms with Crippen LogP contribution in [0.1, 0.15) is 19.4 Å². The fraction of sp³-hybridized carbons (Fsp3) is 0.300. The summed E-state index contributed by atoms with van der Waals surface area (Å²) in [5.74, 6) is 0.837. The summed E-state index contributed by atoms with van der Waals surface area (Å²) in [5, 5.41) is 0.246. The van der Waals surface area contributed by atoms with Gasteiger partial charge in [0.15, 0.2) is 11.5 Å². The Hall–Kier alpha value is -3.22. The first-order chi connectivity index (χ1) is 12.9. The van der Waals surface area contributed by atoms with Gasteiger partial charge in [0.1, 0.15) is 5.75 Å². The summed E-state index contributed by atoms with van der Waals surface area (Å²) in [7, 11) is 3.08. The molecule has 7 heteroatoms. The lowest BCUT2D eigenvalue weighted by Gasteiger charge is -2.16. The average Bonchev–Trinajstić information content (AvgIpc) is 2.64. The molecule has 0 unspecified atom stereocenters. The molecule has 0 aliphatic heterocycles. The summed E-state index contributed by atoms with van der Waals surface area (Å²) in [4.78, 5) is 24.6. The lowest BCUT2D eigenvalue weighted by atomic mass is 10.2. The maximum atomic E-state index is 12.4. The van der Waals surface area contributed by atoms with Crippen molar-refractivity contribution in [2.45, 2.75) is 26.5 Å². The first-order valence-electron chi connectivity index (χ1n) is 8.48. The van der Waals surface area contributed by atoms with Crippen molar-refractivity contribution in [1.82, 2.24) is 4.57 Å². The molecule has 0 bridgehead atoms. The third-order valence-electron chi connectivity index (χ3n) is 4.06. The number of methoxy groups -OCH3 is 2. The van der Waals surface area contributed by atoms with Gasteiger partial charge in [0.05, 0.1) is 37.8 Å². The van der Waals surface area contributed by atoms with Crippen molar-refractivity contribution in [1.29, 1.82) is 0 Å². The van der Waals surface area contributed by atoms with Gasteiger partial charge in [0.25, 0.3) is 0 Å². The average molecular weight is 371 g/mol. The van der Waals surface area contributed by atoms with Gasteiger partial charge in [-0.25, -0.2) is 9.59 Å². The molecule has 0 saturated carbocycles. The molecule has 0 amide bonds. The third-order valence-corrected chi connectivity index (χ3v) is 4.06. The summed E-state index contributed by atoms with van der Waals surface area (Å²) in [6, 6.07) is 10.5. The topological polar surface area (TPSA) is 79.9 Å². The molecule has 0 spiro atoms. The largest absolute Gasteiger partial charge is 0.497 e. The Balaban J connectivity index is 2.18. The van der Waals surface area contributed by atoms with E-state index < -0.39 is 11.4 Å². The van der Waals surface area contributed by atoms with E-state index in [2.05, 4.69) is 0 Å². The molecule has 3 rings (SSSR count). The fourth-order valence-corrected chi connectivity index (χ4v) is 2.79. The normalized spacial score (nSPS) is 11.0. The molecule has 27 heavy (non-hydrogen) atoms. The van der Waals surface area contributed by atoms with Gasteiger partial charge in [0, 0.05) is 12.1 Å². The van der Waals surface area contributed by atoms with Crippen molar-refractivity contribution < 1.29 is 18.6 Å². The molecule has 0 radical (unpaired) electrons. The van der Waals surface area contributed by atoms with Crippen LogP contribution in [-0.4, -0.2) is 24.9 Å². The van der Waals surface area contributed by atoms with Crippen LogP contribution in [0.3, 0.4) is 0 Å². The van der Waals surface area contributed by atoms with Gasteiger partial charge in [-0.3, -0.25) is 4.57 Å². The smallest absolute Gasteiger partial charge is 0.422 e. The zero-order chi connectivity index (χ0) is 19.6. The minimum absolute atomic E-state index is 0.0989. The zero-order valence-corrected chi connectivity index (χ0v) is 15.6. The summed E-state index contributed by atoms with van der Waals surface area (Å²) >= 11 is 0. The van der Waals surface area contributed by atoms with Crippen molar-refractivity contribution in [3.63, 3.8) is 0 Å². The number of ether oxygens (including phenoxy) is 3. The molecule has 3 aromatic rings. The zero-order valence-electron chi connectivity index (χ0n) is 15.6. The van der Waals surface area contributed by atoms with Gasteiger partial charge in [-0.15, -0.1) is 0 Å². The van der Waals surface area contributed by atoms with Crippen LogP contribution in [0.2, 0.25) is 0 Å². The first kappa shape index (κ1) is 18.6. The number of aromatic nitrogens is 1. The Labute approximate surface area is 155 Å². The SMILES string of the molecule is COc1ccc(Cn2c(=O)oc(=O)c3cc(OC)c(OC(C)C)cc32)cc1. The van der Waals surface area contributed by atoms with Crippen LogP contribution in [-0.2, 0) is 6.54 Å². The maximum absolute atomic E-state index is 12.4. The number of hydrogen-bond donors (Lipinski definition) is 0. The van der Waals surface area contributed by atoms with E-state index in [0.717, 1.165) is 5.56 Å². The molecule has 142 valence electrons. The van der Waals surface area contributed by atoms with Crippen molar-refractivity contribution in [2.24, 2.45) is 0 Å². The number of benzene rings is 2. The lowest BCUT2D eigenvalue weighted by molar-refractivity contribution is 0.230. The van der Waals surface area contributed by atoms with Crippen LogP contribution in [0.25, 0.3) is 10.9 Å². The molecule has 2 aromatic carbocycles. The molecule has 0 N–H and O–H groups in total. The lowest BCUT2D eigenvalue weighted by Crippen LogP contribution is -2.25. The van der Waals surface area contributed by atoms with Crippen LogP contribution in [0.4, 0.5) is 0 Å². The number of fused-ring (bicyclic) bond motifs is 1. The Morgan fingerprint density at radius 3 is 2.30 bits per heavy atom. The molecule has 0 aliphatic carbocycles. The monoisotopic (exact) mass is 371 g/mol. The Morgan fingerprint density at radius 1 is 1.00 bits per heavy atom. The van der Waals surface area contributed by atoms with E-state index >= 15 is 0 Å². The highest BCUT2D eigenvalue weighted by Gasteiger charge is 2.16. The standard InChI is InChI=1S/C20H21NO6/c1-12(2)26-18-10-16-15(9-17(18)25-4)19(22)27-20(23)21(16)11-13-5-7-14(24-3)8-6-13/h5-10,12H,11H2,1-4H3. The molecule has 7 nitrogen and oxygen atoms in total. The van der Waals surface area contributed by atoms with E-state index in [0.29, 0.717) is 22.8 Å². The van der Waals surface area contributed by atoms with Crippen molar-refractivity contribution >= 4 is 10.9 Å². The molecule has 0 atom stereocenters. The predicted molar refractivity (Wildman–Crippen MR) is 101 cm³/mol. The van der Waals surface area contributed by atoms with E-state index in [1.165, 1.54) is 17.7 Å². The summed E-state index contributed by atoms with van der Waals surface area (Å²) in [6.45, 7) is 4.00. The van der Waals surface area contributed by atoms with Crippen molar-refractivity contribution in [3.8, 4) is 17.2 Å². The molecule has 1 aromatic heterocycles. The van der Waals surface area contributed by atoms with Gasteiger partial charge in [-0.2, -0.15) is 0 Å². The molecule has 0 fully saturated rings. The molecular weight excluding hydrogens is 350 g/mol. The molecule has 1 heterocycles. The second-order valence-corrected chi connectivity index (χ2v) is 6.28. The van der Waals surface area contributed by atoms with Gasteiger partial charge >= 0.3 is 11.4 Å². The minimum atomic E-state index is -0.732. The third kappa shape index (κ3) is 3.81. The van der Waals surface area contributed by atoms with Gasteiger partial charge in [0.2, 0.25) is 0 Å². The van der Waals surface area contributed by atoms with E-state index in [-0.39, 0.29) is 18.0 Å². The number of rotatable bonds is 6. The van der Waals surface area contributed by atoms with E-state index in [4.69, 9.17) is 18.6 Å². The van der Waals surface area contributed by atoms with E-state index in [9.17, 15) is 9.59 Å². The van der Waals surface area contributed by atoms with Crippen LogP contribution in [0.5, 0.6) is 17.2 Å². The molecular formula is C20H21NO6. The van der Waals surface area contributed by atoms with Gasteiger partial charge < -0.3 is 18.6 Å². The van der Waals surface area contributed by atoms with Crippen molar-refractivity contribution in [2.75, 3.05) is 14.2 Å². The van der Waals surface area contributed by atoms with Crippen LogP contribution < -0.4 is 25.6 Å². The second-order valence-electron chi connectivity index (χ2n) is 6.28. The van der Waals surface area contributed by atoms with Crippen LogP contribution in [0, 0.1) is 0 Å². The van der Waals surface area contributed by atoms with Gasteiger partial charge in [-0.1, -0.05) is 12.1 Å². The fourth-order valence-electron chi connectivity index (χ4n) is 2.79. The molecule has 0 aliphatic rings. The Kier molecular flexibility index (Phi) is 5.21. The minimum Gasteiger partial charge on any atom is -0.497 e. The van der Waals surface area contributed by atoms with Crippen molar-refractivity contribution in [3.05, 3.63) is 62.9 Å². The summed E-state index contributed by atoms with van der Waals surface area (Å²) in [6.07, 6.45) is -0.0989. The molecule has 0 saturated heterocycles. The number of hydrogen-bond acceptors (Lipinski definition) is 6. The van der Waals surface area contributed by atoms with Crippen LogP contribution >= 0.6 is 0 Å². The van der Waals surface area contributed by atoms with E-state index in [1.54, 1.807) is 25.3 Å². The predicted octanol–water partition coefficient (Wildman–Crippen LogP) is 2.81. The maximum Gasteiger partial charge on any atom is 0.422 e. The Morgan fingerprint density at radius 2 is 1.70 bits per heavy atom. The first-order valence-corrected chi connectivity index (χ1v) is 8.48. The van der Waals surface area contributed by atoms with Gasteiger partial charge in [-0.05, 0) is 31.5 Å². The summed E-state index contributed by atoms with van der Waals surface area (Å²) in [5.41, 5.74) is 0.564. The van der Waals surface area contributed by atoms with E-state index in [1.807, 2.05) is 26.0 Å². The summed E-state index contributed by atoms with van der Waals surface area (Å²) < 4.78 is 22.5. The highest BCUT2D eigenvalue weighted by Crippen LogP contribution is 2.31. The Bertz CT molecular complexity index is 1060.